The van der Waals surface area contributed by atoms with Crippen LogP contribution in [-0.4, -0.2) is 19.4 Å². The normalized spacial score (nSPS) is 11.1. The summed E-state index contributed by atoms with van der Waals surface area (Å²) in [6, 6.07) is 8.03. The Balaban J connectivity index is 2.04. The van der Waals surface area contributed by atoms with E-state index in [0.717, 1.165) is 16.6 Å². The minimum Gasteiger partial charge on any atom is -0.259 e. The molecule has 0 fully saturated rings. The Morgan fingerprint density at radius 1 is 1.31 bits per heavy atom. The van der Waals surface area contributed by atoms with Crippen molar-refractivity contribution in [3.8, 4) is 0 Å². The fourth-order valence-electron chi connectivity index (χ4n) is 1.59. The summed E-state index contributed by atoms with van der Waals surface area (Å²) >= 11 is 7.16. The topological polar surface area (TPSA) is 43.6 Å². The van der Waals surface area contributed by atoms with Crippen LogP contribution in [0, 0.1) is 0 Å². The van der Waals surface area contributed by atoms with Gasteiger partial charge >= 0.3 is 0 Å². The lowest BCUT2D eigenvalue weighted by molar-refractivity contribution is 0.694. The molecule has 0 spiro atoms. The van der Waals surface area contributed by atoms with E-state index in [2.05, 4.69) is 14.7 Å². The van der Waals surface area contributed by atoms with E-state index in [1.54, 1.807) is 0 Å². The summed E-state index contributed by atoms with van der Waals surface area (Å²) in [5, 5.41) is 9.39. The maximum Gasteiger partial charge on any atom is 0.139 e. The molecule has 0 radical (unpaired) electrons. The molecule has 0 bridgehead atoms. The Morgan fingerprint density at radius 3 is 3.00 bits per heavy atom. The SMILES string of the molecule is Clc1snnc1Cn1ncc2ccccc21. The number of para-hydroxylation sites is 1. The van der Waals surface area contributed by atoms with Gasteiger partial charge in [0, 0.05) is 16.9 Å². The molecule has 3 rings (SSSR count). The summed E-state index contributed by atoms with van der Waals surface area (Å²) in [6.07, 6.45) is 1.84. The minimum absolute atomic E-state index is 0.558. The number of halogens is 1. The lowest BCUT2D eigenvalue weighted by Crippen LogP contribution is -2.02. The highest BCUT2D eigenvalue weighted by atomic mass is 35.5. The Kier molecular flexibility index (Phi) is 2.34. The van der Waals surface area contributed by atoms with Gasteiger partial charge in [-0.2, -0.15) is 5.10 Å². The largest absolute Gasteiger partial charge is 0.259 e. The molecule has 80 valence electrons. The van der Waals surface area contributed by atoms with Gasteiger partial charge in [0.05, 0.1) is 18.3 Å². The second kappa shape index (κ2) is 3.84. The van der Waals surface area contributed by atoms with E-state index in [1.165, 1.54) is 11.5 Å². The molecule has 6 heteroatoms. The van der Waals surface area contributed by atoms with E-state index >= 15 is 0 Å². The zero-order chi connectivity index (χ0) is 11.0. The van der Waals surface area contributed by atoms with Crippen molar-refractivity contribution in [3.05, 3.63) is 40.5 Å². The first-order valence-electron chi connectivity index (χ1n) is 4.72. The van der Waals surface area contributed by atoms with Crippen LogP contribution in [0.1, 0.15) is 5.69 Å². The van der Waals surface area contributed by atoms with Crippen LogP contribution in [0.15, 0.2) is 30.5 Å². The van der Waals surface area contributed by atoms with E-state index in [-0.39, 0.29) is 0 Å². The summed E-state index contributed by atoms with van der Waals surface area (Å²) < 4.78 is 6.30. The predicted molar refractivity (Wildman–Crippen MR) is 63.8 cm³/mol. The number of fused-ring (bicyclic) bond motifs is 1. The highest BCUT2D eigenvalue weighted by Crippen LogP contribution is 2.20. The first-order valence-corrected chi connectivity index (χ1v) is 5.87. The standard InChI is InChI=1S/C10H7ClN4S/c11-10-8(13-14-16-10)6-15-9-4-2-1-3-7(9)5-12-15/h1-5H,6H2. The molecule has 0 saturated carbocycles. The third-order valence-corrected chi connectivity index (χ3v) is 3.34. The van der Waals surface area contributed by atoms with Gasteiger partial charge < -0.3 is 0 Å². The van der Waals surface area contributed by atoms with Crippen LogP contribution >= 0.6 is 23.1 Å². The maximum absolute atomic E-state index is 5.96. The smallest absolute Gasteiger partial charge is 0.139 e. The van der Waals surface area contributed by atoms with Crippen LogP contribution in [-0.2, 0) is 6.54 Å². The first kappa shape index (κ1) is 9.74. The van der Waals surface area contributed by atoms with Crippen molar-refractivity contribution in [1.82, 2.24) is 19.4 Å². The molecule has 0 amide bonds. The zero-order valence-corrected chi connectivity index (χ0v) is 9.74. The van der Waals surface area contributed by atoms with Crippen LogP contribution in [0.2, 0.25) is 4.34 Å². The molecule has 0 saturated heterocycles. The number of aromatic nitrogens is 4. The molecule has 1 aromatic carbocycles. The Bertz CT molecular complexity index is 630. The summed E-state index contributed by atoms with van der Waals surface area (Å²) in [5.74, 6) is 0. The summed E-state index contributed by atoms with van der Waals surface area (Å²) in [6.45, 7) is 0.558. The van der Waals surface area contributed by atoms with Crippen molar-refractivity contribution < 1.29 is 0 Å². The molecular formula is C10H7ClN4S. The Hall–Kier alpha value is -1.46. The monoisotopic (exact) mass is 250 g/mol. The molecule has 0 N–H and O–H groups in total. The maximum atomic E-state index is 5.96. The van der Waals surface area contributed by atoms with E-state index in [1.807, 2.05) is 35.1 Å². The van der Waals surface area contributed by atoms with Crippen molar-refractivity contribution in [2.24, 2.45) is 0 Å². The average Bonchev–Trinajstić information content (AvgIpc) is 2.88. The summed E-state index contributed by atoms with van der Waals surface area (Å²) in [4.78, 5) is 0. The van der Waals surface area contributed by atoms with Crippen molar-refractivity contribution >= 4 is 34.0 Å². The highest BCUT2D eigenvalue weighted by molar-refractivity contribution is 7.10. The van der Waals surface area contributed by atoms with Gasteiger partial charge in [-0.15, -0.1) is 5.10 Å². The van der Waals surface area contributed by atoms with Gasteiger partial charge in [0.15, 0.2) is 0 Å². The van der Waals surface area contributed by atoms with Crippen molar-refractivity contribution in [2.45, 2.75) is 6.54 Å². The molecular weight excluding hydrogens is 244 g/mol. The molecule has 4 nitrogen and oxygen atoms in total. The van der Waals surface area contributed by atoms with Gasteiger partial charge in [0.2, 0.25) is 0 Å². The Labute approximate surface area is 101 Å². The predicted octanol–water partition coefficient (Wildman–Crippen LogP) is 2.59. The molecule has 16 heavy (non-hydrogen) atoms. The molecule has 0 aliphatic rings. The van der Waals surface area contributed by atoms with Gasteiger partial charge in [-0.25, -0.2) is 0 Å². The number of nitrogens with zero attached hydrogens (tertiary/aromatic N) is 4. The third kappa shape index (κ3) is 1.58. The van der Waals surface area contributed by atoms with Crippen LogP contribution < -0.4 is 0 Å². The molecule has 0 atom stereocenters. The summed E-state index contributed by atoms with van der Waals surface area (Å²) in [7, 11) is 0. The Morgan fingerprint density at radius 2 is 2.19 bits per heavy atom. The van der Waals surface area contributed by atoms with Gasteiger partial charge in [-0.3, -0.25) is 4.68 Å². The van der Waals surface area contributed by atoms with Crippen LogP contribution in [0.4, 0.5) is 0 Å². The van der Waals surface area contributed by atoms with E-state index < -0.39 is 0 Å². The van der Waals surface area contributed by atoms with E-state index in [9.17, 15) is 0 Å². The van der Waals surface area contributed by atoms with Crippen LogP contribution in [0.25, 0.3) is 10.9 Å². The third-order valence-electron chi connectivity index (χ3n) is 2.36. The molecule has 0 unspecified atom stereocenters. The molecule has 2 heterocycles. The second-order valence-corrected chi connectivity index (χ2v) is 4.71. The van der Waals surface area contributed by atoms with Crippen molar-refractivity contribution in [1.29, 1.82) is 0 Å². The van der Waals surface area contributed by atoms with Gasteiger partial charge in [0.25, 0.3) is 0 Å². The molecule has 0 aliphatic heterocycles. The minimum atomic E-state index is 0.558. The molecule has 0 aliphatic carbocycles. The van der Waals surface area contributed by atoms with Crippen LogP contribution in [0.3, 0.4) is 0 Å². The fourth-order valence-corrected chi connectivity index (χ4v) is 2.20. The highest BCUT2D eigenvalue weighted by Gasteiger charge is 2.08. The summed E-state index contributed by atoms with van der Waals surface area (Å²) in [5.41, 5.74) is 1.84. The average molecular weight is 251 g/mol. The van der Waals surface area contributed by atoms with E-state index in [0.29, 0.717) is 10.9 Å². The van der Waals surface area contributed by atoms with Crippen molar-refractivity contribution in [3.63, 3.8) is 0 Å². The van der Waals surface area contributed by atoms with Gasteiger partial charge in [-0.05, 0) is 6.07 Å². The number of rotatable bonds is 2. The molecule has 2 aromatic heterocycles. The van der Waals surface area contributed by atoms with Crippen molar-refractivity contribution in [2.75, 3.05) is 0 Å². The number of hydrogen-bond donors (Lipinski definition) is 0. The van der Waals surface area contributed by atoms with Gasteiger partial charge in [-0.1, -0.05) is 34.3 Å². The van der Waals surface area contributed by atoms with E-state index in [4.69, 9.17) is 11.6 Å². The molecule has 3 aromatic rings. The number of benzene rings is 1. The lowest BCUT2D eigenvalue weighted by Gasteiger charge is -2.00. The quantitative estimate of drug-likeness (QED) is 0.702. The van der Waals surface area contributed by atoms with Gasteiger partial charge in [0.1, 0.15) is 10.0 Å². The van der Waals surface area contributed by atoms with Crippen LogP contribution in [0.5, 0.6) is 0 Å². The zero-order valence-electron chi connectivity index (χ0n) is 8.17. The first-order chi connectivity index (χ1) is 7.84. The number of hydrogen-bond acceptors (Lipinski definition) is 4. The second-order valence-electron chi connectivity index (χ2n) is 3.35. The lowest BCUT2D eigenvalue weighted by atomic mass is 10.2. The fraction of sp³-hybridized carbons (Fsp3) is 0.100.